The molecule has 7 rings (SSSR count). The normalized spacial score (nSPS) is 12.6. The molecule has 0 bridgehead atoms. The second kappa shape index (κ2) is 4.17. The van der Waals surface area contributed by atoms with E-state index in [0.717, 1.165) is 11.0 Å². The lowest BCUT2D eigenvalue weighted by Crippen LogP contribution is -1.80. The van der Waals surface area contributed by atoms with Crippen LogP contribution >= 0.6 is 0 Å². The summed E-state index contributed by atoms with van der Waals surface area (Å²) in [5.41, 5.74) is 2.21. The molecule has 0 aliphatic carbocycles. The van der Waals surface area contributed by atoms with Gasteiger partial charge in [0.15, 0.2) is 0 Å². The van der Waals surface area contributed by atoms with E-state index in [-0.39, 0.29) is 0 Å². The van der Waals surface area contributed by atoms with Crippen molar-refractivity contribution in [3.63, 3.8) is 0 Å². The van der Waals surface area contributed by atoms with Crippen molar-refractivity contribution >= 4 is 64.9 Å². The van der Waals surface area contributed by atoms with Crippen LogP contribution in [-0.4, -0.2) is 9.97 Å². The van der Waals surface area contributed by atoms with Crippen LogP contribution in [0.3, 0.4) is 0 Å². The van der Waals surface area contributed by atoms with Crippen LogP contribution < -0.4 is 0 Å². The summed E-state index contributed by atoms with van der Waals surface area (Å²) < 4.78 is 0. The van der Waals surface area contributed by atoms with Gasteiger partial charge in [0, 0.05) is 44.7 Å². The van der Waals surface area contributed by atoms with E-state index in [1.54, 1.807) is 0 Å². The summed E-state index contributed by atoms with van der Waals surface area (Å²) in [7, 11) is 0. The highest BCUT2D eigenvalue weighted by atomic mass is 14.7. The van der Waals surface area contributed by atoms with Crippen molar-refractivity contribution < 1.29 is 0 Å². The lowest BCUT2D eigenvalue weighted by Gasteiger charge is -2.06. The fourth-order valence-electron chi connectivity index (χ4n) is 4.91. The molecule has 2 heteroatoms. The topological polar surface area (TPSA) is 25.8 Å². The number of hydrogen-bond acceptors (Lipinski definition) is 2. The van der Waals surface area contributed by atoms with Crippen LogP contribution in [0, 0.1) is 0 Å². The quantitative estimate of drug-likeness (QED) is 0.307. The molecule has 0 spiro atoms. The Morgan fingerprint density at radius 1 is 0.385 bits per heavy atom. The predicted octanol–water partition coefficient (Wildman–Crippen LogP) is 6.27. The summed E-state index contributed by atoms with van der Waals surface area (Å²) in [6.45, 7) is 0. The maximum Gasteiger partial charge on any atom is 0.0793 e. The number of pyridine rings is 2. The van der Waals surface area contributed by atoms with Crippen LogP contribution in [0.5, 0.6) is 0 Å². The largest absolute Gasteiger partial charge is 0.256 e. The number of fused-ring (bicyclic) bond motifs is 8. The molecule has 0 aliphatic heterocycles. The Morgan fingerprint density at radius 2 is 0.808 bits per heavy atom. The molecule has 0 radical (unpaired) electrons. The molecule has 0 unspecified atom stereocenters. The molecule has 7 aromatic rings. The Labute approximate surface area is 148 Å². The SMILES string of the molecule is c1cnc2c(c1)c1cccc3c1c2c1cccc2c4cccnc4c3c21. The number of nitrogens with zero attached hydrogens (tertiary/aromatic N) is 2. The molecule has 0 atom stereocenters. The second-order valence-corrected chi connectivity index (χ2v) is 7.01. The van der Waals surface area contributed by atoms with E-state index in [9.17, 15) is 0 Å². The van der Waals surface area contributed by atoms with Crippen LogP contribution in [0.4, 0.5) is 0 Å². The second-order valence-electron chi connectivity index (χ2n) is 7.01. The molecule has 2 nitrogen and oxygen atoms in total. The minimum Gasteiger partial charge on any atom is -0.256 e. The van der Waals surface area contributed by atoms with Gasteiger partial charge in [-0.15, -0.1) is 0 Å². The van der Waals surface area contributed by atoms with E-state index >= 15 is 0 Å². The summed E-state index contributed by atoms with van der Waals surface area (Å²) in [6.07, 6.45) is 3.80. The first-order chi connectivity index (χ1) is 12.9. The zero-order valence-electron chi connectivity index (χ0n) is 13.8. The number of rotatable bonds is 0. The van der Waals surface area contributed by atoms with Crippen LogP contribution in [0.2, 0.25) is 0 Å². The highest BCUT2D eigenvalue weighted by molar-refractivity contribution is 6.46. The molecular formula is C24H12N2. The third-order valence-corrected chi connectivity index (χ3v) is 5.84. The molecule has 0 fully saturated rings. The number of benzene rings is 3. The lowest BCUT2D eigenvalue weighted by molar-refractivity contribution is 1.44. The standard InChI is InChI=1S/C24H12N2/c1-5-13-15-9-3-11-25-23(15)22-18-8-2-6-14-16-10-4-12-26-24(16)21(20(14)18)17(7-1)19(13)22/h1-12H. The van der Waals surface area contributed by atoms with Crippen molar-refractivity contribution in [2.45, 2.75) is 0 Å². The van der Waals surface area contributed by atoms with Crippen molar-refractivity contribution in [3.8, 4) is 0 Å². The highest BCUT2D eigenvalue weighted by Crippen LogP contribution is 2.48. The lowest BCUT2D eigenvalue weighted by atomic mass is 9.96. The molecule has 0 N–H and O–H groups in total. The van der Waals surface area contributed by atoms with Gasteiger partial charge >= 0.3 is 0 Å². The summed E-state index contributed by atoms with van der Waals surface area (Å²) in [6, 6.07) is 21.7. The van der Waals surface area contributed by atoms with Gasteiger partial charge in [0.1, 0.15) is 0 Å². The smallest absolute Gasteiger partial charge is 0.0793 e. The first-order valence-electron chi connectivity index (χ1n) is 8.86. The Hall–Kier alpha value is -3.52. The van der Waals surface area contributed by atoms with E-state index < -0.39 is 0 Å². The zero-order chi connectivity index (χ0) is 16.8. The van der Waals surface area contributed by atoms with E-state index in [4.69, 9.17) is 9.97 Å². The molecule has 2 aromatic heterocycles. The van der Waals surface area contributed by atoms with E-state index in [0.29, 0.717) is 0 Å². The fourth-order valence-corrected chi connectivity index (χ4v) is 4.91. The first-order valence-corrected chi connectivity index (χ1v) is 8.86. The van der Waals surface area contributed by atoms with Crippen LogP contribution in [0.15, 0.2) is 73.1 Å². The average Bonchev–Trinajstić information content (AvgIpc) is 3.22. The van der Waals surface area contributed by atoms with Crippen molar-refractivity contribution in [2.75, 3.05) is 0 Å². The maximum atomic E-state index is 4.76. The Balaban J connectivity index is 2.02. The van der Waals surface area contributed by atoms with Gasteiger partial charge in [-0.2, -0.15) is 0 Å². The molecule has 2 heterocycles. The number of aromatic nitrogens is 2. The Kier molecular flexibility index (Phi) is 2.05. The van der Waals surface area contributed by atoms with Gasteiger partial charge in [0.25, 0.3) is 0 Å². The Bertz CT molecular complexity index is 1500. The maximum absolute atomic E-state index is 4.76. The van der Waals surface area contributed by atoms with Crippen LogP contribution in [0.25, 0.3) is 64.9 Å². The monoisotopic (exact) mass is 328 g/mol. The van der Waals surface area contributed by atoms with Crippen molar-refractivity contribution in [3.05, 3.63) is 73.1 Å². The third-order valence-electron chi connectivity index (χ3n) is 5.84. The van der Waals surface area contributed by atoms with Crippen LogP contribution in [0.1, 0.15) is 0 Å². The zero-order valence-corrected chi connectivity index (χ0v) is 13.8. The predicted molar refractivity (Wildman–Crippen MR) is 109 cm³/mol. The summed E-state index contributed by atoms with van der Waals surface area (Å²) in [5, 5.41) is 12.8. The molecular weight excluding hydrogens is 316 g/mol. The minimum atomic E-state index is 1.10. The van der Waals surface area contributed by atoms with Gasteiger partial charge in [0.2, 0.25) is 0 Å². The fraction of sp³-hybridized carbons (Fsp3) is 0. The number of hydrogen-bond donors (Lipinski definition) is 0. The van der Waals surface area contributed by atoms with Gasteiger partial charge in [0.05, 0.1) is 11.0 Å². The molecule has 0 aliphatic rings. The molecule has 0 saturated carbocycles. The van der Waals surface area contributed by atoms with Gasteiger partial charge in [-0.1, -0.05) is 48.5 Å². The van der Waals surface area contributed by atoms with Gasteiger partial charge in [-0.05, 0) is 33.7 Å². The average molecular weight is 328 g/mol. The summed E-state index contributed by atoms with van der Waals surface area (Å²) >= 11 is 0. The highest BCUT2D eigenvalue weighted by Gasteiger charge is 2.21. The van der Waals surface area contributed by atoms with Gasteiger partial charge in [-0.25, -0.2) is 0 Å². The van der Waals surface area contributed by atoms with Crippen molar-refractivity contribution in [1.82, 2.24) is 9.97 Å². The van der Waals surface area contributed by atoms with Crippen molar-refractivity contribution in [1.29, 1.82) is 0 Å². The molecule has 0 saturated heterocycles. The Morgan fingerprint density at radius 3 is 1.31 bits per heavy atom. The van der Waals surface area contributed by atoms with Crippen LogP contribution in [-0.2, 0) is 0 Å². The first kappa shape index (κ1) is 12.8. The summed E-state index contributed by atoms with van der Waals surface area (Å²) in [4.78, 5) is 9.52. The van der Waals surface area contributed by atoms with Gasteiger partial charge in [-0.3, -0.25) is 9.97 Å². The molecule has 26 heavy (non-hydrogen) atoms. The van der Waals surface area contributed by atoms with E-state index in [1.807, 2.05) is 24.5 Å². The minimum absolute atomic E-state index is 1.10. The molecule has 5 aromatic carbocycles. The molecule has 118 valence electrons. The van der Waals surface area contributed by atoms with E-state index in [1.165, 1.54) is 53.9 Å². The van der Waals surface area contributed by atoms with E-state index in [2.05, 4.69) is 48.5 Å². The summed E-state index contributed by atoms with van der Waals surface area (Å²) in [5.74, 6) is 0. The third kappa shape index (κ3) is 1.26. The van der Waals surface area contributed by atoms with Crippen molar-refractivity contribution in [2.24, 2.45) is 0 Å². The molecule has 0 amide bonds. The van der Waals surface area contributed by atoms with Gasteiger partial charge < -0.3 is 0 Å².